The second kappa shape index (κ2) is 4.17. The lowest BCUT2D eigenvalue weighted by Crippen LogP contribution is -2.47. The number of carbonyl (C=O) groups is 1. The summed E-state index contributed by atoms with van der Waals surface area (Å²) in [5.74, 6) is -0.675. The molecule has 0 amide bonds. The fourth-order valence-electron chi connectivity index (χ4n) is 1.27. The topological polar surface area (TPSA) is 66.5 Å². The van der Waals surface area contributed by atoms with Crippen LogP contribution < -0.4 is 5.32 Å². The molecule has 1 heterocycles. The molecule has 0 aromatic rings. The molecule has 6 heteroatoms. The van der Waals surface area contributed by atoms with Gasteiger partial charge in [-0.15, -0.1) is 0 Å². The lowest BCUT2D eigenvalue weighted by Gasteiger charge is -2.25. The summed E-state index contributed by atoms with van der Waals surface area (Å²) in [5.41, 5.74) is 0. The lowest BCUT2D eigenvalue weighted by molar-refractivity contribution is -0.114. The molecule has 1 saturated heterocycles. The smallest absolute Gasteiger partial charge is 0.221 e. The number of sulfonamides is 1. The third-order valence-corrected chi connectivity index (χ3v) is 3.78. The van der Waals surface area contributed by atoms with E-state index in [0.29, 0.717) is 26.2 Å². The highest BCUT2D eigenvalue weighted by Gasteiger charge is 2.24. The van der Waals surface area contributed by atoms with Crippen LogP contribution in [0.3, 0.4) is 0 Å². The average Bonchev–Trinajstić information content (AvgIpc) is 2.04. The van der Waals surface area contributed by atoms with Gasteiger partial charge in [-0.1, -0.05) is 0 Å². The molecule has 0 unspecified atom stereocenters. The molecule has 0 aromatic heterocycles. The molecular formula is C7H14N2O3S. The molecule has 76 valence electrons. The molecule has 0 saturated carbocycles. The molecule has 1 aliphatic heterocycles. The molecular weight excluding hydrogens is 192 g/mol. The van der Waals surface area contributed by atoms with E-state index in [4.69, 9.17) is 0 Å². The molecule has 1 rings (SSSR count). The third-order valence-electron chi connectivity index (χ3n) is 1.86. The van der Waals surface area contributed by atoms with Crippen LogP contribution in [0.25, 0.3) is 0 Å². The highest BCUT2D eigenvalue weighted by atomic mass is 32.2. The van der Waals surface area contributed by atoms with Crippen LogP contribution in [0, 0.1) is 0 Å². The zero-order chi connectivity index (χ0) is 9.90. The number of nitrogens with zero attached hydrogens (tertiary/aromatic N) is 1. The van der Waals surface area contributed by atoms with Crippen LogP contribution >= 0.6 is 0 Å². The Morgan fingerprint density at radius 1 is 1.38 bits per heavy atom. The van der Waals surface area contributed by atoms with Crippen molar-refractivity contribution in [3.05, 3.63) is 0 Å². The van der Waals surface area contributed by atoms with Crippen LogP contribution in [0.15, 0.2) is 0 Å². The summed E-state index contributed by atoms with van der Waals surface area (Å²) < 4.78 is 24.3. The largest absolute Gasteiger partial charge is 0.314 e. The number of nitrogens with one attached hydrogen (secondary N) is 1. The second-order valence-corrected chi connectivity index (χ2v) is 5.08. The van der Waals surface area contributed by atoms with Crippen molar-refractivity contribution < 1.29 is 13.2 Å². The standard InChI is InChI=1S/C7H14N2O3S/c1-7(10)6-13(11,12)9-4-2-8-3-5-9/h8H,2-6H2,1H3. The van der Waals surface area contributed by atoms with Gasteiger partial charge in [0.05, 0.1) is 0 Å². The zero-order valence-electron chi connectivity index (χ0n) is 7.62. The predicted molar refractivity (Wildman–Crippen MR) is 48.9 cm³/mol. The molecule has 0 radical (unpaired) electrons. The van der Waals surface area contributed by atoms with Gasteiger partial charge >= 0.3 is 0 Å². The van der Waals surface area contributed by atoms with Crippen LogP contribution in [0.1, 0.15) is 6.92 Å². The van der Waals surface area contributed by atoms with Crippen LogP contribution in [0.5, 0.6) is 0 Å². The summed E-state index contributed by atoms with van der Waals surface area (Å²) in [6.07, 6.45) is 0. The maximum Gasteiger partial charge on any atom is 0.221 e. The van der Waals surface area contributed by atoms with Crippen molar-refractivity contribution in [2.45, 2.75) is 6.92 Å². The van der Waals surface area contributed by atoms with E-state index in [1.165, 1.54) is 11.2 Å². The van der Waals surface area contributed by atoms with Crippen molar-refractivity contribution in [1.29, 1.82) is 0 Å². The van der Waals surface area contributed by atoms with Crippen LogP contribution in [-0.2, 0) is 14.8 Å². The zero-order valence-corrected chi connectivity index (χ0v) is 8.43. The Bertz CT molecular complexity index is 280. The number of piperazine rings is 1. The van der Waals surface area contributed by atoms with Gasteiger partial charge in [-0.05, 0) is 6.92 Å². The number of carbonyl (C=O) groups excluding carboxylic acids is 1. The Balaban J connectivity index is 2.62. The van der Waals surface area contributed by atoms with Crippen molar-refractivity contribution in [3.8, 4) is 0 Å². The first-order valence-electron chi connectivity index (χ1n) is 4.20. The minimum absolute atomic E-state index is 0.307. The molecule has 0 bridgehead atoms. The quantitative estimate of drug-likeness (QED) is 0.630. The number of rotatable bonds is 3. The van der Waals surface area contributed by atoms with Crippen LogP contribution in [-0.4, -0.2) is 50.4 Å². The summed E-state index contributed by atoms with van der Waals surface area (Å²) in [6, 6.07) is 0. The minimum atomic E-state index is -3.34. The molecule has 1 fully saturated rings. The van der Waals surface area contributed by atoms with E-state index < -0.39 is 10.0 Å². The summed E-state index contributed by atoms with van der Waals surface area (Å²) in [7, 11) is -3.34. The normalized spacial score (nSPS) is 20.1. The molecule has 0 spiro atoms. The number of Topliss-reactive ketones (excluding diaryl/α,β-unsaturated/α-hetero) is 1. The van der Waals surface area contributed by atoms with Gasteiger partial charge in [0.2, 0.25) is 10.0 Å². The highest BCUT2D eigenvalue weighted by Crippen LogP contribution is 2.02. The van der Waals surface area contributed by atoms with E-state index in [1.807, 2.05) is 0 Å². The van der Waals surface area contributed by atoms with Crippen molar-refractivity contribution in [3.63, 3.8) is 0 Å². The Hall–Kier alpha value is -0.460. The summed E-state index contributed by atoms with van der Waals surface area (Å²) in [4.78, 5) is 10.7. The van der Waals surface area contributed by atoms with Gasteiger partial charge in [-0.2, -0.15) is 4.31 Å². The van der Waals surface area contributed by atoms with E-state index in [2.05, 4.69) is 5.32 Å². The van der Waals surface area contributed by atoms with Gasteiger partial charge in [0.25, 0.3) is 0 Å². The Morgan fingerprint density at radius 3 is 2.38 bits per heavy atom. The van der Waals surface area contributed by atoms with Crippen LogP contribution in [0.2, 0.25) is 0 Å². The first-order chi connectivity index (χ1) is 6.02. The number of ketones is 1. The predicted octanol–water partition coefficient (Wildman–Crippen LogP) is -1.19. The van der Waals surface area contributed by atoms with Crippen molar-refractivity contribution >= 4 is 15.8 Å². The van der Waals surface area contributed by atoms with E-state index in [-0.39, 0.29) is 11.5 Å². The maximum atomic E-state index is 11.5. The Labute approximate surface area is 78.2 Å². The molecule has 5 nitrogen and oxygen atoms in total. The van der Waals surface area contributed by atoms with Crippen molar-refractivity contribution in [2.75, 3.05) is 31.9 Å². The van der Waals surface area contributed by atoms with Crippen molar-refractivity contribution in [2.24, 2.45) is 0 Å². The molecule has 0 atom stereocenters. The molecule has 13 heavy (non-hydrogen) atoms. The number of hydrogen-bond donors (Lipinski definition) is 1. The third kappa shape index (κ3) is 3.06. The summed E-state index contributed by atoms with van der Waals surface area (Å²) >= 11 is 0. The monoisotopic (exact) mass is 206 g/mol. The fourth-order valence-corrected chi connectivity index (χ4v) is 2.71. The molecule has 1 aliphatic rings. The molecule has 0 aliphatic carbocycles. The van der Waals surface area contributed by atoms with Gasteiger partial charge in [0.1, 0.15) is 11.5 Å². The Kier molecular flexibility index (Phi) is 3.40. The van der Waals surface area contributed by atoms with Gasteiger partial charge in [0, 0.05) is 26.2 Å². The molecule has 0 aromatic carbocycles. The van der Waals surface area contributed by atoms with E-state index in [0.717, 1.165) is 0 Å². The summed E-state index contributed by atoms with van der Waals surface area (Å²) in [6.45, 7) is 3.55. The Morgan fingerprint density at radius 2 is 1.92 bits per heavy atom. The SMILES string of the molecule is CC(=O)CS(=O)(=O)N1CCNCC1. The van der Waals surface area contributed by atoms with E-state index in [9.17, 15) is 13.2 Å². The molecule has 1 N–H and O–H groups in total. The van der Waals surface area contributed by atoms with Gasteiger partial charge < -0.3 is 5.32 Å². The van der Waals surface area contributed by atoms with Gasteiger partial charge in [-0.3, -0.25) is 4.79 Å². The van der Waals surface area contributed by atoms with Gasteiger partial charge in [0.15, 0.2) is 0 Å². The second-order valence-electron chi connectivity index (χ2n) is 3.11. The number of hydrogen-bond acceptors (Lipinski definition) is 4. The van der Waals surface area contributed by atoms with Crippen molar-refractivity contribution in [1.82, 2.24) is 9.62 Å². The average molecular weight is 206 g/mol. The van der Waals surface area contributed by atoms with E-state index in [1.54, 1.807) is 0 Å². The fraction of sp³-hybridized carbons (Fsp3) is 0.857. The highest BCUT2D eigenvalue weighted by molar-refractivity contribution is 7.89. The maximum absolute atomic E-state index is 11.5. The minimum Gasteiger partial charge on any atom is -0.314 e. The summed E-state index contributed by atoms with van der Waals surface area (Å²) in [5, 5.41) is 3.05. The van der Waals surface area contributed by atoms with Gasteiger partial charge in [-0.25, -0.2) is 8.42 Å². The first-order valence-corrected chi connectivity index (χ1v) is 5.81. The van der Waals surface area contributed by atoms with Crippen LogP contribution in [0.4, 0.5) is 0 Å². The van der Waals surface area contributed by atoms with E-state index >= 15 is 0 Å². The lowest BCUT2D eigenvalue weighted by atomic mass is 10.4. The first kappa shape index (κ1) is 10.6.